The summed E-state index contributed by atoms with van der Waals surface area (Å²) in [5.74, 6) is -0.723. The molecule has 0 saturated carbocycles. The van der Waals surface area contributed by atoms with Gasteiger partial charge in [-0.25, -0.2) is 0 Å². The van der Waals surface area contributed by atoms with Crippen molar-refractivity contribution in [1.29, 1.82) is 0 Å². The zero-order valence-electron chi connectivity index (χ0n) is 11.2. The fraction of sp³-hybridized carbons (Fsp3) is 0.250. The minimum atomic E-state index is -4.60. The van der Waals surface area contributed by atoms with Crippen molar-refractivity contribution < 1.29 is 13.2 Å². The Hall–Kier alpha value is -1.68. The average molecular weight is 392 g/mol. The predicted octanol–water partition coefficient (Wildman–Crippen LogP) is 3.60. The van der Waals surface area contributed by atoms with E-state index in [-0.39, 0.29) is 5.65 Å². The van der Waals surface area contributed by atoms with Crippen LogP contribution in [0.25, 0.3) is 5.65 Å². The summed E-state index contributed by atoms with van der Waals surface area (Å²) in [4.78, 5) is 2.83. The second-order valence-electron chi connectivity index (χ2n) is 4.54. The first-order chi connectivity index (χ1) is 10.3. The van der Waals surface area contributed by atoms with Gasteiger partial charge in [0.05, 0.1) is 10.3 Å². The standard InChI is InChI=1S/C12H9BrF3N5S/c1-20(6-7-2-3-8(13)22-7)10-5-4-9-17-18-11(12(14,15)16)21(9)19-10/h2-5H,6H2,1H3. The zero-order valence-corrected chi connectivity index (χ0v) is 13.6. The van der Waals surface area contributed by atoms with E-state index >= 15 is 0 Å². The summed E-state index contributed by atoms with van der Waals surface area (Å²) in [6.07, 6.45) is -4.60. The molecular weight excluding hydrogens is 383 g/mol. The van der Waals surface area contributed by atoms with Gasteiger partial charge in [0.2, 0.25) is 0 Å². The van der Waals surface area contributed by atoms with Crippen molar-refractivity contribution >= 4 is 38.7 Å². The van der Waals surface area contributed by atoms with Gasteiger partial charge >= 0.3 is 6.18 Å². The third kappa shape index (κ3) is 2.93. The lowest BCUT2D eigenvalue weighted by atomic mass is 10.4. The maximum atomic E-state index is 12.9. The van der Waals surface area contributed by atoms with E-state index in [4.69, 9.17) is 0 Å². The van der Waals surface area contributed by atoms with Crippen LogP contribution >= 0.6 is 27.3 Å². The smallest absolute Gasteiger partial charge is 0.353 e. The largest absolute Gasteiger partial charge is 0.453 e. The molecule has 0 fully saturated rings. The molecule has 3 rings (SSSR count). The molecule has 0 spiro atoms. The Kier molecular flexibility index (Phi) is 3.81. The summed E-state index contributed by atoms with van der Waals surface area (Å²) in [6, 6.07) is 6.95. The number of anilines is 1. The van der Waals surface area contributed by atoms with Gasteiger partial charge in [-0.1, -0.05) is 0 Å². The van der Waals surface area contributed by atoms with E-state index in [1.54, 1.807) is 29.4 Å². The Bertz CT molecular complexity index is 813. The molecule has 22 heavy (non-hydrogen) atoms. The number of hydrogen-bond acceptors (Lipinski definition) is 5. The predicted molar refractivity (Wildman–Crippen MR) is 79.9 cm³/mol. The van der Waals surface area contributed by atoms with Crippen molar-refractivity contribution in [3.05, 3.63) is 38.8 Å². The highest BCUT2D eigenvalue weighted by atomic mass is 79.9. The van der Waals surface area contributed by atoms with Gasteiger partial charge in [0.1, 0.15) is 5.82 Å². The van der Waals surface area contributed by atoms with E-state index in [1.165, 1.54) is 6.07 Å². The number of thiophene rings is 1. The molecule has 3 aromatic heterocycles. The number of fused-ring (bicyclic) bond motifs is 1. The number of nitrogens with zero attached hydrogens (tertiary/aromatic N) is 5. The Balaban J connectivity index is 1.93. The molecule has 0 N–H and O–H groups in total. The van der Waals surface area contributed by atoms with Gasteiger partial charge in [0.15, 0.2) is 5.65 Å². The van der Waals surface area contributed by atoms with Crippen molar-refractivity contribution in [2.75, 3.05) is 11.9 Å². The van der Waals surface area contributed by atoms with Crippen LogP contribution < -0.4 is 4.90 Å². The van der Waals surface area contributed by atoms with Crippen LogP contribution in [-0.4, -0.2) is 26.9 Å². The van der Waals surface area contributed by atoms with E-state index < -0.39 is 12.0 Å². The molecule has 3 aromatic rings. The van der Waals surface area contributed by atoms with Gasteiger partial charge in [0, 0.05) is 11.9 Å². The van der Waals surface area contributed by atoms with E-state index in [1.807, 2.05) is 12.1 Å². The summed E-state index contributed by atoms with van der Waals surface area (Å²) in [5, 5.41) is 10.6. The zero-order chi connectivity index (χ0) is 15.9. The van der Waals surface area contributed by atoms with E-state index in [0.717, 1.165) is 13.2 Å². The van der Waals surface area contributed by atoms with Crippen LogP contribution in [0.2, 0.25) is 0 Å². The fourth-order valence-corrected chi connectivity index (χ4v) is 3.45. The van der Waals surface area contributed by atoms with Crippen LogP contribution in [0.3, 0.4) is 0 Å². The monoisotopic (exact) mass is 391 g/mol. The summed E-state index contributed by atoms with van der Waals surface area (Å²) >= 11 is 4.93. The van der Waals surface area contributed by atoms with Gasteiger partial charge < -0.3 is 4.90 Å². The molecule has 0 aliphatic rings. The Morgan fingerprint density at radius 1 is 1.23 bits per heavy atom. The molecule has 0 radical (unpaired) electrons. The second kappa shape index (κ2) is 5.51. The topological polar surface area (TPSA) is 46.3 Å². The van der Waals surface area contributed by atoms with Crippen LogP contribution in [0.4, 0.5) is 19.0 Å². The molecule has 0 unspecified atom stereocenters. The van der Waals surface area contributed by atoms with Crippen LogP contribution in [0.15, 0.2) is 28.1 Å². The number of alkyl halides is 3. The first-order valence-corrected chi connectivity index (χ1v) is 7.70. The third-order valence-electron chi connectivity index (χ3n) is 2.92. The summed E-state index contributed by atoms with van der Waals surface area (Å²) in [7, 11) is 1.76. The maximum absolute atomic E-state index is 12.9. The first-order valence-electron chi connectivity index (χ1n) is 6.09. The van der Waals surface area contributed by atoms with Gasteiger partial charge in [-0.3, -0.25) is 0 Å². The first kappa shape index (κ1) is 15.2. The highest BCUT2D eigenvalue weighted by Crippen LogP contribution is 2.28. The Labute approximate surface area is 135 Å². The quantitative estimate of drug-likeness (QED) is 0.684. The summed E-state index contributed by atoms with van der Waals surface area (Å²) in [6.45, 7) is 0.540. The third-order valence-corrected chi connectivity index (χ3v) is 4.52. The molecule has 0 aliphatic heterocycles. The lowest BCUT2D eigenvalue weighted by molar-refractivity contribution is -0.146. The molecule has 0 bridgehead atoms. The fourth-order valence-electron chi connectivity index (χ4n) is 1.91. The lowest BCUT2D eigenvalue weighted by Crippen LogP contribution is -2.19. The van der Waals surface area contributed by atoms with Crippen LogP contribution in [-0.2, 0) is 12.7 Å². The van der Waals surface area contributed by atoms with Crippen molar-refractivity contribution in [3.8, 4) is 0 Å². The van der Waals surface area contributed by atoms with E-state index in [0.29, 0.717) is 12.4 Å². The van der Waals surface area contributed by atoms with Gasteiger partial charge in [-0.15, -0.1) is 26.6 Å². The van der Waals surface area contributed by atoms with E-state index in [9.17, 15) is 13.2 Å². The van der Waals surface area contributed by atoms with Crippen LogP contribution in [0.5, 0.6) is 0 Å². The number of aromatic nitrogens is 4. The molecule has 0 atom stereocenters. The molecule has 0 aliphatic carbocycles. The number of halogens is 4. The van der Waals surface area contributed by atoms with Crippen LogP contribution in [0.1, 0.15) is 10.7 Å². The SMILES string of the molecule is CN(Cc1ccc(Br)s1)c1ccc2nnc(C(F)(F)F)n2n1. The highest BCUT2D eigenvalue weighted by Gasteiger charge is 2.37. The second-order valence-corrected chi connectivity index (χ2v) is 7.09. The Morgan fingerprint density at radius 3 is 2.64 bits per heavy atom. The van der Waals surface area contributed by atoms with Gasteiger partial charge in [-0.2, -0.15) is 17.7 Å². The Morgan fingerprint density at radius 2 is 2.00 bits per heavy atom. The molecule has 10 heteroatoms. The van der Waals surface area contributed by atoms with Crippen molar-refractivity contribution in [2.45, 2.75) is 12.7 Å². The van der Waals surface area contributed by atoms with E-state index in [2.05, 4.69) is 31.2 Å². The summed E-state index contributed by atoms with van der Waals surface area (Å²) < 4.78 is 40.3. The molecular formula is C12H9BrF3N5S. The normalized spacial score (nSPS) is 12.0. The summed E-state index contributed by atoms with van der Waals surface area (Å²) in [5.41, 5.74) is 0.0587. The molecule has 0 amide bonds. The molecule has 3 heterocycles. The van der Waals surface area contributed by atoms with Crippen molar-refractivity contribution in [2.24, 2.45) is 0 Å². The maximum Gasteiger partial charge on any atom is 0.453 e. The average Bonchev–Trinajstić information content (AvgIpc) is 3.03. The minimum absolute atomic E-state index is 0.0587. The number of rotatable bonds is 3. The van der Waals surface area contributed by atoms with Crippen molar-refractivity contribution in [1.82, 2.24) is 19.8 Å². The van der Waals surface area contributed by atoms with Gasteiger partial charge in [0.25, 0.3) is 5.82 Å². The molecule has 116 valence electrons. The minimum Gasteiger partial charge on any atom is -0.353 e. The molecule has 5 nitrogen and oxygen atoms in total. The van der Waals surface area contributed by atoms with Crippen LogP contribution in [0, 0.1) is 0 Å². The molecule has 0 aromatic carbocycles. The lowest BCUT2D eigenvalue weighted by Gasteiger charge is -2.17. The molecule has 0 saturated heterocycles. The van der Waals surface area contributed by atoms with Crippen molar-refractivity contribution in [3.63, 3.8) is 0 Å². The number of hydrogen-bond donors (Lipinski definition) is 0. The van der Waals surface area contributed by atoms with Gasteiger partial charge in [-0.05, 0) is 40.2 Å². The highest BCUT2D eigenvalue weighted by molar-refractivity contribution is 9.11.